The fourth-order valence-corrected chi connectivity index (χ4v) is 2.35. The number of fused-ring (bicyclic) bond motifs is 1. The highest BCUT2D eigenvalue weighted by molar-refractivity contribution is 5.91. The summed E-state index contributed by atoms with van der Waals surface area (Å²) in [7, 11) is 3.94. The van der Waals surface area contributed by atoms with Crippen LogP contribution >= 0.6 is 0 Å². The fourth-order valence-electron chi connectivity index (χ4n) is 2.35. The van der Waals surface area contributed by atoms with Gasteiger partial charge in [-0.3, -0.25) is 9.69 Å². The Morgan fingerprint density at radius 3 is 2.53 bits per heavy atom. The van der Waals surface area contributed by atoms with Gasteiger partial charge in [-0.2, -0.15) is 0 Å². The van der Waals surface area contributed by atoms with Crippen molar-refractivity contribution in [1.82, 2.24) is 4.90 Å². The molecule has 0 spiro atoms. The van der Waals surface area contributed by atoms with Gasteiger partial charge in [0.25, 0.3) is 0 Å². The van der Waals surface area contributed by atoms with E-state index in [0.717, 1.165) is 6.42 Å². The number of nitrogens with zero attached hydrogens (tertiary/aromatic N) is 1. The molecule has 2 nitrogen and oxygen atoms in total. The van der Waals surface area contributed by atoms with E-state index >= 15 is 0 Å². The number of likely N-dealkylation sites (N-methyl/N-ethyl adjacent to an activating group) is 1. The quantitative estimate of drug-likeness (QED) is 0.695. The summed E-state index contributed by atoms with van der Waals surface area (Å²) < 4.78 is 0. The number of rotatable bonds is 1. The van der Waals surface area contributed by atoms with Gasteiger partial charge < -0.3 is 0 Å². The number of Topliss-reactive ketones (excluding diaryl/α,β-unsaturated/α-hetero) is 1. The summed E-state index contributed by atoms with van der Waals surface area (Å²) in [6, 6.07) is 8.26. The number of ketones is 1. The maximum absolute atomic E-state index is 12.1. The second-order valence-electron chi connectivity index (χ2n) is 4.55. The van der Waals surface area contributed by atoms with Crippen LogP contribution in [-0.4, -0.2) is 24.8 Å². The molecule has 0 bridgehead atoms. The Morgan fingerprint density at radius 1 is 1.20 bits per heavy atom. The van der Waals surface area contributed by atoms with Gasteiger partial charge in [-0.05, 0) is 38.6 Å². The fraction of sp³-hybridized carbons (Fsp3) is 0.462. The van der Waals surface area contributed by atoms with Gasteiger partial charge >= 0.3 is 0 Å². The van der Waals surface area contributed by atoms with Gasteiger partial charge in [0.05, 0.1) is 0 Å². The molecule has 2 rings (SSSR count). The molecule has 1 aromatic carbocycles. The number of aryl methyl sites for hydroxylation is 1. The highest BCUT2D eigenvalue weighted by Crippen LogP contribution is 2.35. The molecule has 0 N–H and O–H groups in total. The number of hydrogen-bond donors (Lipinski definition) is 0. The van der Waals surface area contributed by atoms with Crippen molar-refractivity contribution in [1.29, 1.82) is 0 Å². The lowest BCUT2D eigenvalue weighted by atomic mass is 9.76. The summed E-state index contributed by atoms with van der Waals surface area (Å²) in [6.45, 7) is 2.02. The van der Waals surface area contributed by atoms with Crippen LogP contribution in [-0.2, 0) is 16.8 Å². The Kier molecular flexibility index (Phi) is 2.39. The second-order valence-corrected chi connectivity index (χ2v) is 4.55. The van der Waals surface area contributed by atoms with Gasteiger partial charge in [-0.15, -0.1) is 0 Å². The summed E-state index contributed by atoms with van der Waals surface area (Å²) in [5.74, 6) is 0.325. The van der Waals surface area contributed by atoms with E-state index in [-0.39, 0.29) is 0 Å². The molecule has 0 aliphatic heterocycles. The Bertz CT molecular complexity index is 397. The zero-order valence-electron chi connectivity index (χ0n) is 9.58. The smallest absolute Gasteiger partial charge is 0.157 e. The summed E-state index contributed by atoms with van der Waals surface area (Å²) >= 11 is 0. The predicted octanol–water partition coefficient (Wildman–Crippen LogP) is 1.98. The molecule has 0 unspecified atom stereocenters. The van der Waals surface area contributed by atoms with Crippen molar-refractivity contribution in [2.45, 2.75) is 25.3 Å². The van der Waals surface area contributed by atoms with E-state index in [1.54, 1.807) is 0 Å². The molecule has 1 aromatic rings. The van der Waals surface area contributed by atoms with E-state index in [1.807, 2.05) is 38.1 Å². The Hall–Kier alpha value is -1.15. The van der Waals surface area contributed by atoms with Crippen LogP contribution in [0.4, 0.5) is 0 Å². The molecule has 2 heteroatoms. The van der Waals surface area contributed by atoms with E-state index in [4.69, 9.17) is 0 Å². The molecule has 0 aromatic heterocycles. The first kappa shape index (κ1) is 10.4. The summed E-state index contributed by atoms with van der Waals surface area (Å²) in [6.07, 6.45) is 1.55. The first-order valence-electron chi connectivity index (χ1n) is 5.36. The van der Waals surface area contributed by atoms with E-state index in [1.165, 1.54) is 11.1 Å². The van der Waals surface area contributed by atoms with Crippen molar-refractivity contribution in [3.8, 4) is 0 Å². The molecule has 0 amide bonds. The maximum atomic E-state index is 12.1. The SMILES string of the molecule is CN(C)[C@@]1(C)C(=O)CCc2ccccc21. The van der Waals surface area contributed by atoms with Crippen molar-refractivity contribution in [3.05, 3.63) is 35.4 Å². The van der Waals surface area contributed by atoms with Gasteiger partial charge in [-0.1, -0.05) is 24.3 Å². The molecule has 15 heavy (non-hydrogen) atoms. The minimum absolute atomic E-state index is 0.325. The molecule has 0 radical (unpaired) electrons. The van der Waals surface area contributed by atoms with Crippen LogP contribution in [0, 0.1) is 0 Å². The predicted molar refractivity (Wildman–Crippen MR) is 60.8 cm³/mol. The topological polar surface area (TPSA) is 20.3 Å². The van der Waals surface area contributed by atoms with Gasteiger partial charge in [0, 0.05) is 6.42 Å². The monoisotopic (exact) mass is 203 g/mol. The van der Waals surface area contributed by atoms with Crippen LogP contribution in [0.2, 0.25) is 0 Å². The lowest BCUT2D eigenvalue weighted by molar-refractivity contribution is -0.130. The van der Waals surface area contributed by atoms with Crippen molar-refractivity contribution in [2.24, 2.45) is 0 Å². The van der Waals surface area contributed by atoms with Gasteiger partial charge in [-0.25, -0.2) is 0 Å². The molecule has 0 saturated carbocycles. The van der Waals surface area contributed by atoms with E-state index in [0.29, 0.717) is 12.2 Å². The molecule has 1 aliphatic carbocycles. The van der Waals surface area contributed by atoms with E-state index < -0.39 is 5.54 Å². The first-order valence-corrected chi connectivity index (χ1v) is 5.36. The third-order valence-corrected chi connectivity index (χ3v) is 3.60. The molecular weight excluding hydrogens is 186 g/mol. The summed E-state index contributed by atoms with van der Waals surface area (Å²) in [4.78, 5) is 14.1. The number of benzene rings is 1. The summed E-state index contributed by atoms with van der Waals surface area (Å²) in [5, 5.41) is 0. The van der Waals surface area contributed by atoms with Crippen LogP contribution in [0.15, 0.2) is 24.3 Å². The molecule has 80 valence electrons. The minimum Gasteiger partial charge on any atom is -0.297 e. The van der Waals surface area contributed by atoms with E-state index in [9.17, 15) is 4.79 Å². The molecule has 0 saturated heterocycles. The Balaban J connectivity index is 2.60. The third-order valence-electron chi connectivity index (χ3n) is 3.60. The van der Waals surface area contributed by atoms with Crippen molar-refractivity contribution < 1.29 is 4.79 Å². The largest absolute Gasteiger partial charge is 0.297 e. The number of hydrogen-bond acceptors (Lipinski definition) is 2. The first-order chi connectivity index (χ1) is 7.06. The Morgan fingerprint density at radius 2 is 1.87 bits per heavy atom. The Labute approximate surface area is 90.9 Å². The zero-order chi connectivity index (χ0) is 11.1. The molecular formula is C13H17NO. The molecule has 1 atom stereocenters. The molecule has 0 heterocycles. The minimum atomic E-state index is -0.436. The van der Waals surface area contributed by atoms with Crippen molar-refractivity contribution >= 4 is 5.78 Å². The van der Waals surface area contributed by atoms with Crippen LogP contribution in [0.3, 0.4) is 0 Å². The van der Waals surface area contributed by atoms with E-state index in [2.05, 4.69) is 12.1 Å². The highest BCUT2D eigenvalue weighted by atomic mass is 16.1. The average Bonchev–Trinajstić information content (AvgIpc) is 2.23. The summed E-state index contributed by atoms with van der Waals surface area (Å²) in [5.41, 5.74) is 2.05. The highest BCUT2D eigenvalue weighted by Gasteiger charge is 2.40. The number of carbonyl (C=O) groups excluding carboxylic acids is 1. The lowest BCUT2D eigenvalue weighted by Crippen LogP contribution is -2.48. The van der Waals surface area contributed by atoms with Gasteiger partial charge in [0.15, 0.2) is 5.78 Å². The van der Waals surface area contributed by atoms with Gasteiger partial charge in [0.1, 0.15) is 5.54 Å². The number of carbonyl (C=O) groups is 1. The normalized spacial score (nSPS) is 25.5. The third kappa shape index (κ3) is 1.40. The van der Waals surface area contributed by atoms with Crippen molar-refractivity contribution in [3.63, 3.8) is 0 Å². The second kappa shape index (κ2) is 3.46. The standard InChI is InChI=1S/C13H17NO/c1-13(14(2)3)11-7-5-4-6-10(11)8-9-12(13)15/h4-7H,8-9H2,1-3H3/t13-/m1/s1. The van der Waals surface area contributed by atoms with Crippen LogP contribution in [0.1, 0.15) is 24.5 Å². The van der Waals surface area contributed by atoms with Crippen LogP contribution in [0.25, 0.3) is 0 Å². The maximum Gasteiger partial charge on any atom is 0.157 e. The zero-order valence-corrected chi connectivity index (χ0v) is 9.58. The molecule has 1 aliphatic rings. The van der Waals surface area contributed by atoms with Crippen LogP contribution in [0.5, 0.6) is 0 Å². The molecule has 0 fully saturated rings. The van der Waals surface area contributed by atoms with Crippen LogP contribution < -0.4 is 0 Å². The lowest BCUT2D eigenvalue weighted by Gasteiger charge is -2.39. The van der Waals surface area contributed by atoms with Crippen molar-refractivity contribution in [2.75, 3.05) is 14.1 Å². The average molecular weight is 203 g/mol. The van der Waals surface area contributed by atoms with Gasteiger partial charge in [0.2, 0.25) is 0 Å².